The molecule has 0 saturated heterocycles. The maximum absolute atomic E-state index is 12.7. The van der Waals surface area contributed by atoms with Crippen LogP contribution in [0, 0.1) is 0 Å². The first-order valence-electron chi connectivity index (χ1n) is 8.56. The summed E-state index contributed by atoms with van der Waals surface area (Å²) in [4.78, 5) is 27.7. The lowest BCUT2D eigenvalue weighted by Gasteiger charge is -2.32. The number of nitrogens with one attached hydrogen (secondary N) is 1. The molecule has 2 amide bonds. The van der Waals surface area contributed by atoms with E-state index < -0.39 is 0 Å². The van der Waals surface area contributed by atoms with Crippen molar-refractivity contribution in [3.05, 3.63) is 60.2 Å². The number of benzene rings is 2. The van der Waals surface area contributed by atoms with Gasteiger partial charge in [0.05, 0.1) is 10.9 Å². The van der Waals surface area contributed by atoms with Gasteiger partial charge in [-0.3, -0.25) is 9.59 Å². The van der Waals surface area contributed by atoms with Crippen LogP contribution in [0.25, 0.3) is 0 Å². The van der Waals surface area contributed by atoms with Crippen LogP contribution in [0.2, 0.25) is 0 Å². The van der Waals surface area contributed by atoms with Gasteiger partial charge in [-0.15, -0.1) is 11.8 Å². The van der Waals surface area contributed by atoms with Crippen molar-refractivity contribution >= 4 is 29.3 Å². The van der Waals surface area contributed by atoms with Crippen molar-refractivity contribution in [2.24, 2.45) is 0 Å². The average molecular weight is 354 g/mol. The number of hydrogen-bond acceptors (Lipinski definition) is 3. The van der Waals surface area contributed by atoms with Gasteiger partial charge < -0.3 is 10.2 Å². The Morgan fingerprint density at radius 1 is 1.12 bits per heavy atom. The predicted octanol–water partition coefficient (Wildman–Crippen LogP) is 3.26. The van der Waals surface area contributed by atoms with Crippen molar-refractivity contribution in [1.29, 1.82) is 0 Å². The van der Waals surface area contributed by atoms with Crippen molar-refractivity contribution < 1.29 is 9.59 Å². The molecular weight excluding hydrogens is 332 g/mol. The molecule has 1 N–H and O–H groups in total. The van der Waals surface area contributed by atoms with Gasteiger partial charge in [0.2, 0.25) is 11.8 Å². The topological polar surface area (TPSA) is 49.4 Å². The van der Waals surface area contributed by atoms with Crippen molar-refractivity contribution in [2.45, 2.75) is 29.9 Å². The summed E-state index contributed by atoms with van der Waals surface area (Å²) < 4.78 is 0. The second-order valence-corrected chi connectivity index (χ2v) is 7.24. The van der Waals surface area contributed by atoms with Crippen molar-refractivity contribution in [3.8, 4) is 0 Å². The Bertz CT molecular complexity index is 748. The maximum atomic E-state index is 12.7. The van der Waals surface area contributed by atoms with E-state index >= 15 is 0 Å². The van der Waals surface area contributed by atoms with Gasteiger partial charge in [0.15, 0.2) is 0 Å². The van der Waals surface area contributed by atoms with Crippen molar-refractivity contribution in [3.63, 3.8) is 0 Å². The second-order valence-electron chi connectivity index (χ2n) is 5.99. The van der Waals surface area contributed by atoms with Crippen LogP contribution in [0.4, 0.5) is 5.69 Å². The summed E-state index contributed by atoms with van der Waals surface area (Å²) >= 11 is 1.59. The highest BCUT2D eigenvalue weighted by molar-refractivity contribution is 8.01. The molecule has 0 fully saturated rings. The first-order chi connectivity index (χ1) is 12.2. The highest BCUT2D eigenvalue weighted by Crippen LogP contribution is 2.39. The summed E-state index contributed by atoms with van der Waals surface area (Å²) in [6.07, 6.45) is 1.54. The molecule has 0 aliphatic carbocycles. The lowest BCUT2D eigenvalue weighted by atomic mass is 10.1. The molecule has 1 aliphatic rings. The molecule has 5 heteroatoms. The minimum atomic E-state index is -0.124. The van der Waals surface area contributed by atoms with Crippen LogP contribution in [0.1, 0.15) is 18.9 Å². The Morgan fingerprint density at radius 2 is 1.84 bits per heavy atom. The van der Waals surface area contributed by atoms with Crippen molar-refractivity contribution in [1.82, 2.24) is 5.32 Å². The third kappa shape index (κ3) is 4.23. The second kappa shape index (κ2) is 8.21. The number of thioether (sulfide) groups is 1. The van der Waals surface area contributed by atoms with Gasteiger partial charge in [-0.1, -0.05) is 49.4 Å². The van der Waals surface area contributed by atoms with Gasteiger partial charge in [0.25, 0.3) is 0 Å². The lowest BCUT2D eigenvalue weighted by Crippen LogP contribution is -2.46. The Labute approximate surface area is 152 Å². The Hall–Kier alpha value is -2.27. The van der Waals surface area contributed by atoms with E-state index in [-0.39, 0.29) is 23.6 Å². The van der Waals surface area contributed by atoms with Crippen LogP contribution in [0.5, 0.6) is 0 Å². The zero-order valence-electron chi connectivity index (χ0n) is 14.3. The van der Waals surface area contributed by atoms with Gasteiger partial charge in [0.1, 0.15) is 6.54 Å². The molecule has 1 unspecified atom stereocenters. The molecule has 0 radical (unpaired) electrons. The fourth-order valence-corrected chi connectivity index (χ4v) is 4.04. The summed E-state index contributed by atoms with van der Waals surface area (Å²) in [6, 6.07) is 17.8. The van der Waals surface area contributed by atoms with Crippen LogP contribution in [0.15, 0.2) is 59.5 Å². The molecule has 130 valence electrons. The zero-order valence-corrected chi connectivity index (χ0v) is 15.1. The minimum Gasteiger partial charge on any atom is -0.354 e. The number of fused-ring (bicyclic) bond motifs is 1. The summed E-state index contributed by atoms with van der Waals surface area (Å²) in [5, 5.41) is 2.80. The summed E-state index contributed by atoms with van der Waals surface area (Å²) in [7, 11) is 0. The molecule has 2 aromatic rings. The first kappa shape index (κ1) is 17.5. The van der Waals surface area contributed by atoms with E-state index in [0.29, 0.717) is 6.54 Å². The van der Waals surface area contributed by atoms with Gasteiger partial charge >= 0.3 is 0 Å². The van der Waals surface area contributed by atoms with E-state index in [4.69, 9.17) is 0 Å². The van der Waals surface area contributed by atoms with Crippen LogP contribution in [-0.4, -0.2) is 30.2 Å². The molecule has 4 nitrogen and oxygen atoms in total. The van der Waals surface area contributed by atoms with E-state index in [2.05, 4.69) is 5.32 Å². The number of anilines is 1. The highest BCUT2D eigenvalue weighted by Gasteiger charge is 2.33. The Kier molecular flexibility index (Phi) is 5.76. The number of nitrogens with zero attached hydrogens (tertiary/aromatic N) is 1. The molecule has 25 heavy (non-hydrogen) atoms. The van der Waals surface area contributed by atoms with Gasteiger partial charge in [-0.05, 0) is 30.5 Å². The summed E-state index contributed by atoms with van der Waals surface area (Å²) in [6.45, 7) is 2.64. The molecule has 1 atom stereocenters. The van der Waals surface area contributed by atoms with Crippen LogP contribution in [-0.2, 0) is 16.0 Å². The summed E-state index contributed by atoms with van der Waals surface area (Å²) in [5.74, 6) is -0.106. The molecule has 0 saturated carbocycles. The molecule has 3 rings (SSSR count). The van der Waals surface area contributed by atoms with Gasteiger partial charge in [-0.2, -0.15) is 0 Å². The molecule has 0 bridgehead atoms. The third-order valence-corrected chi connectivity index (χ3v) is 5.64. The fourth-order valence-electron chi connectivity index (χ4n) is 2.89. The number of carbonyl (C=O) groups is 2. The molecule has 0 aromatic heterocycles. The number of rotatable bonds is 6. The Balaban J connectivity index is 1.62. The molecule has 0 spiro atoms. The predicted molar refractivity (Wildman–Crippen MR) is 102 cm³/mol. The minimum absolute atomic E-state index is 0.0180. The average Bonchev–Trinajstić information content (AvgIpc) is 2.64. The van der Waals surface area contributed by atoms with E-state index in [0.717, 1.165) is 23.4 Å². The number of carbonyl (C=O) groups excluding carboxylic acids is 2. The molecule has 1 heterocycles. The van der Waals surface area contributed by atoms with Crippen molar-refractivity contribution in [2.75, 3.05) is 18.0 Å². The third-order valence-electron chi connectivity index (χ3n) is 4.22. The van der Waals surface area contributed by atoms with E-state index in [9.17, 15) is 9.59 Å². The van der Waals surface area contributed by atoms with Gasteiger partial charge in [0, 0.05) is 11.4 Å². The largest absolute Gasteiger partial charge is 0.354 e. The Morgan fingerprint density at radius 3 is 2.60 bits per heavy atom. The number of hydrogen-bond donors (Lipinski definition) is 1. The van der Waals surface area contributed by atoms with E-state index in [1.165, 1.54) is 5.56 Å². The maximum Gasteiger partial charge on any atom is 0.240 e. The lowest BCUT2D eigenvalue weighted by molar-refractivity contribution is -0.123. The normalized spacial score (nSPS) is 16.4. The number of para-hydroxylation sites is 1. The molecule has 1 aliphatic heterocycles. The molecule has 2 aromatic carbocycles. The highest BCUT2D eigenvalue weighted by atomic mass is 32.2. The molecular formula is C20H22N2O2S. The first-order valence-corrected chi connectivity index (χ1v) is 9.44. The van der Waals surface area contributed by atoms with Crippen LogP contribution >= 0.6 is 11.8 Å². The van der Waals surface area contributed by atoms with Crippen LogP contribution < -0.4 is 10.2 Å². The zero-order chi connectivity index (χ0) is 17.6. The number of amides is 2. The SMILES string of the molecule is CCC1Sc2ccccc2N(CC(=O)NCCc2ccccc2)C1=O. The monoisotopic (exact) mass is 354 g/mol. The summed E-state index contributed by atoms with van der Waals surface area (Å²) in [5.41, 5.74) is 2.02. The standard InChI is InChI=1S/C20H22N2O2S/c1-2-17-20(24)22(16-10-6-7-11-18(16)25-17)14-19(23)21-13-12-15-8-4-3-5-9-15/h3-11,17H,2,12-14H2,1H3,(H,21,23). The van der Waals surface area contributed by atoms with Crippen LogP contribution in [0.3, 0.4) is 0 Å². The van der Waals surface area contributed by atoms with E-state index in [1.807, 2.05) is 61.5 Å². The smallest absolute Gasteiger partial charge is 0.240 e. The van der Waals surface area contributed by atoms with Gasteiger partial charge in [-0.25, -0.2) is 0 Å². The fraction of sp³-hybridized carbons (Fsp3) is 0.300. The quantitative estimate of drug-likeness (QED) is 0.866. The van der Waals surface area contributed by atoms with E-state index in [1.54, 1.807) is 16.7 Å².